The van der Waals surface area contributed by atoms with E-state index in [1.54, 1.807) is 12.1 Å². The Morgan fingerprint density at radius 3 is 2.41 bits per heavy atom. The molecule has 1 atom stereocenters. The van der Waals surface area contributed by atoms with E-state index >= 15 is 0 Å². The summed E-state index contributed by atoms with van der Waals surface area (Å²) in [5.74, 6) is -3.08. The molecule has 0 saturated heterocycles. The summed E-state index contributed by atoms with van der Waals surface area (Å²) < 4.78 is 43.3. The Kier molecular flexibility index (Phi) is 6.90. The van der Waals surface area contributed by atoms with Gasteiger partial charge in [-0.05, 0) is 43.3 Å². The quantitative estimate of drug-likeness (QED) is 0.459. The Hall–Kier alpha value is -3.31. The lowest BCUT2D eigenvalue weighted by Crippen LogP contribution is -2.40. The first kappa shape index (κ1) is 23.4. The molecule has 4 N–H and O–H groups in total. The number of aromatic nitrogens is 1. The molecule has 0 aliphatic carbocycles. The second-order valence-electron chi connectivity index (χ2n) is 6.49. The fourth-order valence-corrected chi connectivity index (χ4v) is 3.95. The first-order chi connectivity index (χ1) is 15.1. The van der Waals surface area contributed by atoms with Crippen molar-refractivity contribution in [1.29, 1.82) is 0 Å². The maximum atomic E-state index is 14.3. The molecule has 0 fully saturated rings. The van der Waals surface area contributed by atoms with Crippen LogP contribution in [-0.4, -0.2) is 29.3 Å². The highest BCUT2D eigenvalue weighted by Gasteiger charge is 2.28. The maximum absolute atomic E-state index is 14.3. The minimum absolute atomic E-state index is 0.0645. The van der Waals surface area contributed by atoms with Crippen molar-refractivity contribution in [2.45, 2.75) is 19.6 Å². The highest BCUT2D eigenvalue weighted by molar-refractivity contribution is 7.18. The average molecular weight is 485 g/mol. The Bertz CT molecular complexity index is 1160. The number of anilines is 3. The highest BCUT2D eigenvalue weighted by atomic mass is 35.5. The van der Waals surface area contributed by atoms with Crippen molar-refractivity contribution in [3.8, 4) is 5.75 Å². The zero-order chi connectivity index (χ0) is 23.6. The first-order valence-electron chi connectivity index (χ1n) is 8.98. The molecule has 0 aliphatic heterocycles. The Morgan fingerprint density at radius 1 is 1.19 bits per heavy atom. The van der Waals surface area contributed by atoms with E-state index in [1.807, 2.05) is 0 Å². The summed E-state index contributed by atoms with van der Waals surface area (Å²) in [5, 5.41) is 0.523. The van der Waals surface area contributed by atoms with Crippen LogP contribution in [0.3, 0.4) is 0 Å². The molecule has 3 aromatic rings. The van der Waals surface area contributed by atoms with E-state index in [0.29, 0.717) is 10.6 Å². The average Bonchev–Trinajstić information content (AvgIpc) is 3.10. The van der Waals surface area contributed by atoms with Crippen molar-refractivity contribution in [2.75, 3.05) is 10.6 Å². The molecule has 12 heteroatoms. The molecule has 168 valence electrons. The molecule has 2 aromatic carbocycles. The topological polar surface area (TPSA) is 112 Å². The van der Waals surface area contributed by atoms with Gasteiger partial charge < -0.3 is 21.1 Å². The SMILES string of the molecule is C[C@H](C(N)=O)N(c1ccc(OC(F)F)c(F)c1)c1nc(N)c(C(=O)c2ccc(Cl)cc2)s1. The molecule has 32 heavy (non-hydrogen) atoms. The third-order valence-corrected chi connectivity index (χ3v) is 5.69. The molecular weight excluding hydrogens is 469 g/mol. The van der Waals surface area contributed by atoms with Crippen LogP contribution in [0.25, 0.3) is 0 Å². The van der Waals surface area contributed by atoms with Gasteiger partial charge in [0.25, 0.3) is 0 Å². The smallest absolute Gasteiger partial charge is 0.387 e. The van der Waals surface area contributed by atoms with Crippen LogP contribution < -0.4 is 21.1 Å². The largest absolute Gasteiger partial charge is 0.432 e. The molecule has 1 aromatic heterocycles. The number of nitrogens with zero attached hydrogens (tertiary/aromatic N) is 2. The summed E-state index contributed by atoms with van der Waals surface area (Å²) in [6.45, 7) is -1.78. The zero-order valence-electron chi connectivity index (χ0n) is 16.4. The predicted octanol–water partition coefficient (Wildman–Crippen LogP) is 4.36. The Labute approximate surface area is 189 Å². The third-order valence-electron chi connectivity index (χ3n) is 4.37. The monoisotopic (exact) mass is 484 g/mol. The Morgan fingerprint density at radius 2 is 1.84 bits per heavy atom. The summed E-state index contributed by atoms with van der Waals surface area (Å²) in [6.07, 6.45) is 0. The summed E-state index contributed by atoms with van der Waals surface area (Å²) in [5.41, 5.74) is 11.7. The van der Waals surface area contributed by atoms with Gasteiger partial charge in [-0.15, -0.1) is 0 Å². The van der Waals surface area contributed by atoms with E-state index in [9.17, 15) is 22.8 Å². The van der Waals surface area contributed by atoms with Gasteiger partial charge in [-0.25, -0.2) is 9.37 Å². The van der Waals surface area contributed by atoms with Gasteiger partial charge in [-0.2, -0.15) is 8.78 Å². The van der Waals surface area contributed by atoms with Gasteiger partial charge in [-0.1, -0.05) is 22.9 Å². The normalized spacial score (nSPS) is 11.9. The number of ether oxygens (including phenoxy) is 1. The minimum Gasteiger partial charge on any atom is -0.432 e. The number of hydrogen-bond acceptors (Lipinski definition) is 7. The number of amides is 1. The van der Waals surface area contributed by atoms with Crippen LogP contribution >= 0.6 is 22.9 Å². The van der Waals surface area contributed by atoms with E-state index in [1.165, 1.54) is 30.0 Å². The maximum Gasteiger partial charge on any atom is 0.387 e. The highest BCUT2D eigenvalue weighted by Crippen LogP contribution is 2.37. The number of carbonyl (C=O) groups is 2. The number of halogens is 4. The van der Waals surface area contributed by atoms with Gasteiger partial charge in [0.1, 0.15) is 16.7 Å². The number of carbonyl (C=O) groups excluding carboxylic acids is 2. The fourth-order valence-electron chi connectivity index (χ4n) is 2.78. The van der Waals surface area contributed by atoms with Gasteiger partial charge in [0.15, 0.2) is 16.7 Å². The molecule has 7 nitrogen and oxygen atoms in total. The van der Waals surface area contributed by atoms with Crippen LogP contribution in [0.1, 0.15) is 22.2 Å². The zero-order valence-corrected chi connectivity index (χ0v) is 18.0. The standard InChI is InChI=1S/C20H16ClF3N4O3S/c1-9(18(26)30)28(12-6-7-14(13(22)8-12)31-19(23)24)20-27-17(25)16(32-20)15(29)10-2-4-11(21)5-3-10/h2-9,19H,25H2,1H3,(H2,26,30)/t9-/m1/s1. The van der Waals surface area contributed by atoms with E-state index in [0.717, 1.165) is 23.5 Å². The van der Waals surface area contributed by atoms with Crippen molar-refractivity contribution in [1.82, 2.24) is 4.98 Å². The number of benzene rings is 2. The summed E-state index contributed by atoms with van der Waals surface area (Å²) in [4.78, 5) is 30.2. The summed E-state index contributed by atoms with van der Waals surface area (Å²) in [7, 11) is 0. The van der Waals surface area contributed by atoms with Crippen molar-refractivity contribution in [2.24, 2.45) is 5.73 Å². The predicted molar refractivity (Wildman–Crippen MR) is 115 cm³/mol. The van der Waals surface area contributed by atoms with Crippen LogP contribution in [0.15, 0.2) is 42.5 Å². The number of ketones is 1. The Balaban J connectivity index is 2.03. The number of nitrogens with two attached hydrogens (primary N) is 2. The molecule has 0 bridgehead atoms. The lowest BCUT2D eigenvalue weighted by atomic mass is 10.1. The van der Waals surface area contributed by atoms with Gasteiger partial charge in [0, 0.05) is 22.3 Å². The van der Waals surface area contributed by atoms with Crippen molar-refractivity contribution >= 4 is 51.3 Å². The molecule has 0 radical (unpaired) electrons. The summed E-state index contributed by atoms with van der Waals surface area (Å²) in [6, 6.07) is 8.19. The lowest BCUT2D eigenvalue weighted by molar-refractivity contribution is -0.118. The van der Waals surface area contributed by atoms with Crippen molar-refractivity contribution < 1.29 is 27.5 Å². The number of alkyl halides is 2. The molecule has 0 spiro atoms. The molecule has 1 amide bonds. The van der Waals surface area contributed by atoms with Crippen LogP contribution in [-0.2, 0) is 4.79 Å². The molecule has 0 unspecified atom stereocenters. The van der Waals surface area contributed by atoms with Crippen molar-refractivity contribution in [3.05, 3.63) is 63.7 Å². The number of primary amides is 1. The van der Waals surface area contributed by atoms with Crippen LogP contribution in [0.4, 0.5) is 29.8 Å². The van der Waals surface area contributed by atoms with E-state index in [4.69, 9.17) is 23.1 Å². The second kappa shape index (κ2) is 9.45. The lowest BCUT2D eigenvalue weighted by Gasteiger charge is -2.27. The molecule has 1 heterocycles. The second-order valence-corrected chi connectivity index (χ2v) is 7.90. The number of nitrogen functional groups attached to an aromatic ring is 1. The fraction of sp³-hybridized carbons (Fsp3) is 0.150. The number of rotatable bonds is 8. The van der Waals surface area contributed by atoms with Gasteiger partial charge in [0.2, 0.25) is 11.7 Å². The number of thiazole rings is 1. The van der Waals surface area contributed by atoms with Crippen molar-refractivity contribution in [3.63, 3.8) is 0 Å². The molecule has 0 aliphatic rings. The third kappa shape index (κ3) is 4.94. The minimum atomic E-state index is -3.21. The van der Waals surface area contributed by atoms with Crippen LogP contribution in [0.5, 0.6) is 5.75 Å². The molecule has 3 rings (SSSR count). The summed E-state index contributed by atoms with van der Waals surface area (Å²) >= 11 is 6.71. The van der Waals surface area contributed by atoms with Gasteiger partial charge in [0.05, 0.1) is 0 Å². The molecule has 0 saturated carbocycles. The van der Waals surface area contributed by atoms with Crippen LogP contribution in [0.2, 0.25) is 5.02 Å². The van der Waals surface area contributed by atoms with E-state index in [2.05, 4.69) is 9.72 Å². The number of hydrogen-bond donors (Lipinski definition) is 2. The first-order valence-corrected chi connectivity index (χ1v) is 10.2. The molecular formula is C20H16ClF3N4O3S. The van der Waals surface area contributed by atoms with Gasteiger partial charge in [-0.3, -0.25) is 9.59 Å². The van der Waals surface area contributed by atoms with E-state index < -0.39 is 35.9 Å². The van der Waals surface area contributed by atoms with E-state index in [-0.39, 0.29) is 21.5 Å². The van der Waals surface area contributed by atoms with Crippen LogP contribution in [0, 0.1) is 5.82 Å². The van der Waals surface area contributed by atoms with Gasteiger partial charge >= 0.3 is 6.61 Å².